The van der Waals surface area contributed by atoms with Gasteiger partial charge in [-0.2, -0.15) is 4.98 Å². The summed E-state index contributed by atoms with van der Waals surface area (Å²) in [4.78, 5) is 8.48. The number of ether oxygens (including phenoxy) is 2. The topological polar surface area (TPSA) is 82.0 Å². The van der Waals surface area contributed by atoms with E-state index in [9.17, 15) is 0 Å². The molecule has 3 rings (SSSR count). The zero-order chi connectivity index (χ0) is 20.5. The SMILES string of the molecule is COc1ncc(-c2cc([C@H]3C[C@@H]3C(C)C)c(NCC(C)(C)C)nn2)c(OC)n1. The lowest BCUT2D eigenvalue weighted by molar-refractivity contribution is 0.353. The Labute approximate surface area is 167 Å². The van der Waals surface area contributed by atoms with Gasteiger partial charge in [0, 0.05) is 18.3 Å². The summed E-state index contributed by atoms with van der Waals surface area (Å²) in [5.74, 6) is 3.14. The summed E-state index contributed by atoms with van der Waals surface area (Å²) in [5.41, 5.74) is 2.79. The van der Waals surface area contributed by atoms with Crippen molar-refractivity contribution in [2.75, 3.05) is 26.1 Å². The molecule has 2 aromatic rings. The number of hydrogen-bond acceptors (Lipinski definition) is 7. The van der Waals surface area contributed by atoms with Crippen LogP contribution in [0, 0.1) is 17.3 Å². The molecule has 1 N–H and O–H groups in total. The minimum atomic E-state index is 0.158. The fourth-order valence-corrected chi connectivity index (χ4v) is 3.40. The fraction of sp³-hybridized carbons (Fsp3) is 0.619. The first-order chi connectivity index (χ1) is 13.2. The molecule has 1 aliphatic rings. The third kappa shape index (κ3) is 4.51. The summed E-state index contributed by atoms with van der Waals surface area (Å²) in [6.07, 6.45) is 2.86. The molecule has 1 fully saturated rings. The van der Waals surface area contributed by atoms with Crippen molar-refractivity contribution in [2.45, 2.75) is 47.0 Å². The van der Waals surface area contributed by atoms with Crippen LogP contribution in [-0.4, -0.2) is 40.9 Å². The van der Waals surface area contributed by atoms with Crippen LogP contribution in [0.5, 0.6) is 11.9 Å². The lowest BCUT2D eigenvalue weighted by Crippen LogP contribution is -2.20. The molecule has 1 aliphatic carbocycles. The van der Waals surface area contributed by atoms with E-state index in [-0.39, 0.29) is 11.4 Å². The molecule has 0 amide bonds. The second-order valence-corrected chi connectivity index (χ2v) is 8.98. The van der Waals surface area contributed by atoms with Crippen LogP contribution in [0.2, 0.25) is 0 Å². The third-order valence-electron chi connectivity index (χ3n) is 5.09. The van der Waals surface area contributed by atoms with Gasteiger partial charge in [0.1, 0.15) is 5.69 Å². The first-order valence-corrected chi connectivity index (χ1v) is 9.80. The van der Waals surface area contributed by atoms with Crippen LogP contribution in [0.4, 0.5) is 5.82 Å². The first kappa shape index (κ1) is 20.3. The molecule has 28 heavy (non-hydrogen) atoms. The number of methoxy groups -OCH3 is 2. The van der Waals surface area contributed by atoms with E-state index in [0.29, 0.717) is 34.9 Å². The second kappa shape index (κ2) is 7.89. The highest BCUT2D eigenvalue weighted by Crippen LogP contribution is 2.53. The van der Waals surface area contributed by atoms with Crippen LogP contribution in [0.1, 0.15) is 52.5 Å². The van der Waals surface area contributed by atoms with Gasteiger partial charge in [-0.1, -0.05) is 34.6 Å². The Morgan fingerprint density at radius 3 is 2.50 bits per heavy atom. The normalized spacial score (nSPS) is 18.9. The summed E-state index contributed by atoms with van der Waals surface area (Å²) in [5, 5.41) is 12.5. The van der Waals surface area contributed by atoms with Crippen LogP contribution in [-0.2, 0) is 0 Å². The van der Waals surface area contributed by atoms with Crippen LogP contribution in [0.15, 0.2) is 12.3 Å². The van der Waals surface area contributed by atoms with E-state index in [1.807, 2.05) is 0 Å². The van der Waals surface area contributed by atoms with Crippen molar-refractivity contribution in [3.05, 3.63) is 17.8 Å². The molecule has 7 heteroatoms. The number of nitrogens with zero attached hydrogens (tertiary/aromatic N) is 4. The largest absolute Gasteiger partial charge is 0.480 e. The zero-order valence-corrected chi connectivity index (χ0v) is 17.9. The van der Waals surface area contributed by atoms with E-state index < -0.39 is 0 Å². The van der Waals surface area contributed by atoms with E-state index in [2.05, 4.69) is 66.2 Å². The van der Waals surface area contributed by atoms with Gasteiger partial charge in [0.15, 0.2) is 5.82 Å². The third-order valence-corrected chi connectivity index (χ3v) is 5.09. The van der Waals surface area contributed by atoms with Gasteiger partial charge in [-0.25, -0.2) is 4.98 Å². The molecule has 2 aromatic heterocycles. The molecule has 1 saturated carbocycles. The van der Waals surface area contributed by atoms with E-state index in [1.165, 1.54) is 19.1 Å². The van der Waals surface area contributed by atoms with Crippen molar-refractivity contribution < 1.29 is 9.47 Å². The maximum Gasteiger partial charge on any atom is 0.319 e. The number of rotatable bonds is 7. The van der Waals surface area contributed by atoms with Gasteiger partial charge < -0.3 is 14.8 Å². The molecule has 0 spiro atoms. The summed E-state index contributed by atoms with van der Waals surface area (Å²) < 4.78 is 10.5. The zero-order valence-electron chi connectivity index (χ0n) is 17.9. The maximum absolute atomic E-state index is 5.43. The maximum atomic E-state index is 5.43. The van der Waals surface area contributed by atoms with E-state index in [1.54, 1.807) is 13.3 Å². The lowest BCUT2D eigenvalue weighted by Gasteiger charge is -2.21. The fourth-order valence-electron chi connectivity index (χ4n) is 3.40. The predicted molar refractivity (Wildman–Crippen MR) is 110 cm³/mol. The van der Waals surface area contributed by atoms with Crippen molar-refractivity contribution in [1.82, 2.24) is 20.2 Å². The molecule has 0 aromatic carbocycles. The molecule has 0 radical (unpaired) electrons. The highest BCUT2D eigenvalue weighted by molar-refractivity contribution is 5.66. The minimum absolute atomic E-state index is 0.158. The first-order valence-electron chi connectivity index (χ1n) is 9.80. The van der Waals surface area contributed by atoms with Crippen LogP contribution < -0.4 is 14.8 Å². The van der Waals surface area contributed by atoms with Crippen molar-refractivity contribution in [3.8, 4) is 23.1 Å². The highest BCUT2D eigenvalue weighted by atomic mass is 16.5. The summed E-state index contributed by atoms with van der Waals surface area (Å²) >= 11 is 0. The van der Waals surface area contributed by atoms with E-state index in [0.717, 1.165) is 12.4 Å². The lowest BCUT2D eigenvalue weighted by atomic mass is 9.96. The van der Waals surface area contributed by atoms with Crippen LogP contribution in [0.3, 0.4) is 0 Å². The Kier molecular flexibility index (Phi) is 5.72. The van der Waals surface area contributed by atoms with Crippen LogP contribution >= 0.6 is 0 Å². The van der Waals surface area contributed by atoms with Gasteiger partial charge in [-0.15, -0.1) is 10.2 Å². The van der Waals surface area contributed by atoms with Gasteiger partial charge in [0.2, 0.25) is 5.88 Å². The molecule has 152 valence electrons. The quantitative estimate of drug-likeness (QED) is 0.766. The van der Waals surface area contributed by atoms with Crippen molar-refractivity contribution >= 4 is 5.82 Å². The Morgan fingerprint density at radius 2 is 1.93 bits per heavy atom. The van der Waals surface area contributed by atoms with Gasteiger partial charge >= 0.3 is 6.01 Å². The van der Waals surface area contributed by atoms with E-state index in [4.69, 9.17) is 9.47 Å². The molecule has 0 saturated heterocycles. The van der Waals surface area contributed by atoms with Gasteiger partial charge in [-0.05, 0) is 35.7 Å². The molecule has 2 heterocycles. The van der Waals surface area contributed by atoms with Crippen molar-refractivity contribution in [1.29, 1.82) is 0 Å². The highest BCUT2D eigenvalue weighted by Gasteiger charge is 2.42. The molecule has 0 unspecified atom stereocenters. The van der Waals surface area contributed by atoms with E-state index >= 15 is 0 Å². The average Bonchev–Trinajstić information content (AvgIpc) is 3.46. The van der Waals surface area contributed by atoms with Crippen molar-refractivity contribution in [3.63, 3.8) is 0 Å². The molecular weight excluding hydrogens is 354 g/mol. The average molecular weight is 386 g/mol. The van der Waals surface area contributed by atoms with Gasteiger partial charge in [-0.3, -0.25) is 0 Å². The molecular formula is C21H31N5O2. The summed E-state index contributed by atoms with van der Waals surface area (Å²) in [6.45, 7) is 12.0. The minimum Gasteiger partial charge on any atom is -0.480 e. The van der Waals surface area contributed by atoms with Crippen LogP contribution in [0.25, 0.3) is 11.3 Å². The van der Waals surface area contributed by atoms with Gasteiger partial charge in [0.05, 0.1) is 19.8 Å². The molecule has 2 atom stereocenters. The van der Waals surface area contributed by atoms with Gasteiger partial charge in [0.25, 0.3) is 0 Å². The standard InChI is InChI=1S/C21H31N5O2/c1-12(2)13-8-14(13)15-9-17(25-26-18(15)23-11-21(3,4)5)16-10-22-20(28-7)24-19(16)27-6/h9-10,12-14H,8,11H2,1-7H3,(H,23,26)/t13-,14+/m1/s1. The number of hydrogen-bond donors (Lipinski definition) is 1. The summed E-state index contributed by atoms with van der Waals surface area (Å²) in [6, 6.07) is 2.37. The predicted octanol–water partition coefficient (Wildman–Crippen LogP) is 4.17. The Morgan fingerprint density at radius 1 is 1.18 bits per heavy atom. The molecule has 7 nitrogen and oxygen atoms in total. The summed E-state index contributed by atoms with van der Waals surface area (Å²) in [7, 11) is 3.11. The second-order valence-electron chi connectivity index (χ2n) is 8.98. The number of nitrogens with one attached hydrogen (secondary N) is 1. The molecule has 0 bridgehead atoms. The Bertz CT molecular complexity index is 832. The monoisotopic (exact) mass is 385 g/mol. The number of aromatic nitrogens is 4. The molecule has 0 aliphatic heterocycles. The van der Waals surface area contributed by atoms with Crippen molar-refractivity contribution in [2.24, 2.45) is 17.3 Å². The Hall–Kier alpha value is -2.44. The Balaban J connectivity index is 1.98. The smallest absolute Gasteiger partial charge is 0.319 e. The number of anilines is 1.